The van der Waals surface area contributed by atoms with E-state index in [9.17, 15) is 4.39 Å². The third kappa shape index (κ3) is 2.77. The molecular weight excluding hydrogens is 327 g/mol. The molecule has 1 N–H and O–H groups in total. The average molecular weight is 337 g/mol. The smallest absolute Gasteiger partial charge is 0.137 e. The molecular formula is C14H10BrFN2S. The summed E-state index contributed by atoms with van der Waals surface area (Å²) < 4.78 is 15.0. The van der Waals surface area contributed by atoms with Crippen molar-refractivity contribution in [3.05, 3.63) is 57.8 Å². The van der Waals surface area contributed by atoms with E-state index in [1.54, 1.807) is 17.4 Å². The molecule has 0 aliphatic rings. The van der Waals surface area contributed by atoms with Crippen molar-refractivity contribution in [2.75, 3.05) is 5.32 Å². The number of anilines is 1. The van der Waals surface area contributed by atoms with Crippen molar-refractivity contribution >= 4 is 43.2 Å². The van der Waals surface area contributed by atoms with E-state index in [1.165, 1.54) is 6.07 Å². The van der Waals surface area contributed by atoms with Gasteiger partial charge in [-0.05, 0) is 51.8 Å². The van der Waals surface area contributed by atoms with Crippen molar-refractivity contribution in [1.82, 2.24) is 4.98 Å². The highest BCUT2D eigenvalue weighted by Gasteiger charge is 2.02. The molecule has 0 saturated carbocycles. The monoisotopic (exact) mass is 336 g/mol. The lowest BCUT2D eigenvalue weighted by Crippen LogP contribution is -1.99. The Morgan fingerprint density at radius 1 is 1.21 bits per heavy atom. The summed E-state index contributed by atoms with van der Waals surface area (Å²) in [5.41, 5.74) is 4.76. The predicted molar refractivity (Wildman–Crippen MR) is 81.0 cm³/mol. The summed E-state index contributed by atoms with van der Waals surface area (Å²) >= 11 is 4.76. The molecule has 0 spiro atoms. The second-order valence-electron chi connectivity index (χ2n) is 4.14. The van der Waals surface area contributed by atoms with Crippen LogP contribution in [0.4, 0.5) is 10.1 Å². The lowest BCUT2D eigenvalue weighted by atomic mass is 10.2. The van der Waals surface area contributed by atoms with Gasteiger partial charge in [-0.3, -0.25) is 0 Å². The second kappa shape index (κ2) is 5.27. The Morgan fingerprint density at radius 2 is 2.11 bits per heavy atom. The first-order chi connectivity index (χ1) is 9.22. The van der Waals surface area contributed by atoms with E-state index in [0.717, 1.165) is 21.5 Å². The fourth-order valence-electron chi connectivity index (χ4n) is 1.82. The Bertz CT molecular complexity index is 726. The first kappa shape index (κ1) is 12.6. The number of aromatic nitrogens is 1. The van der Waals surface area contributed by atoms with Gasteiger partial charge in [0.2, 0.25) is 0 Å². The van der Waals surface area contributed by atoms with Gasteiger partial charge in [-0.1, -0.05) is 6.07 Å². The Labute approximate surface area is 122 Å². The van der Waals surface area contributed by atoms with Gasteiger partial charge in [-0.25, -0.2) is 9.37 Å². The molecule has 1 heterocycles. The molecule has 0 saturated heterocycles. The van der Waals surface area contributed by atoms with E-state index in [-0.39, 0.29) is 5.82 Å². The van der Waals surface area contributed by atoms with Crippen LogP contribution in [0.3, 0.4) is 0 Å². The molecule has 0 unspecified atom stereocenters. The van der Waals surface area contributed by atoms with Crippen LogP contribution in [0.1, 0.15) is 5.56 Å². The van der Waals surface area contributed by atoms with E-state index in [1.807, 2.05) is 23.7 Å². The highest BCUT2D eigenvalue weighted by molar-refractivity contribution is 9.10. The van der Waals surface area contributed by atoms with Crippen LogP contribution >= 0.6 is 27.3 Å². The third-order valence-electron chi connectivity index (χ3n) is 2.81. The predicted octanol–water partition coefficient (Wildman–Crippen LogP) is 4.81. The molecule has 0 radical (unpaired) electrons. The average Bonchev–Trinajstić information content (AvgIpc) is 2.87. The molecule has 19 heavy (non-hydrogen) atoms. The summed E-state index contributed by atoms with van der Waals surface area (Å²) in [7, 11) is 0. The molecule has 0 amide bonds. The fraction of sp³-hybridized carbons (Fsp3) is 0.0714. The second-order valence-corrected chi connectivity index (χ2v) is 5.88. The van der Waals surface area contributed by atoms with Crippen LogP contribution in [0.2, 0.25) is 0 Å². The van der Waals surface area contributed by atoms with Crippen molar-refractivity contribution in [3.8, 4) is 0 Å². The number of hydrogen-bond donors (Lipinski definition) is 1. The molecule has 96 valence electrons. The zero-order valence-electron chi connectivity index (χ0n) is 9.86. The van der Waals surface area contributed by atoms with Gasteiger partial charge in [0.05, 0.1) is 20.2 Å². The number of fused-ring (bicyclic) bond motifs is 1. The topological polar surface area (TPSA) is 24.9 Å². The number of hydrogen-bond acceptors (Lipinski definition) is 3. The maximum absolute atomic E-state index is 13.4. The minimum absolute atomic E-state index is 0.239. The van der Waals surface area contributed by atoms with Crippen LogP contribution in [0, 0.1) is 5.82 Å². The van der Waals surface area contributed by atoms with Crippen molar-refractivity contribution in [1.29, 1.82) is 0 Å². The van der Waals surface area contributed by atoms with Gasteiger partial charge in [-0.2, -0.15) is 0 Å². The summed E-state index contributed by atoms with van der Waals surface area (Å²) in [6.45, 7) is 0.592. The number of nitrogens with one attached hydrogen (secondary N) is 1. The van der Waals surface area contributed by atoms with E-state index < -0.39 is 0 Å². The Kier molecular flexibility index (Phi) is 3.48. The number of nitrogens with zero attached hydrogens (tertiary/aromatic N) is 1. The molecule has 2 nitrogen and oxygen atoms in total. The van der Waals surface area contributed by atoms with E-state index >= 15 is 0 Å². The summed E-state index contributed by atoms with van der Waals surface area (Å²) in [6.07, 6.45) is 0. The van der Waals surface area contributed by atoms with Gasteiger partial charge >= 0.3 is 0 Å². The molecule has 0 atom stereocenters. The molecule has 5 heteroatoms. The van der Waals surface area contributed by atoms with Gasteiger partial charge in [-0.15, -0.1) is 11.3 Å². The summed E-state index contributed by atoms with van der Waals surface area (Å²) in [6, 6.07) is 11.2. The number of halogens is 2. The first-order valence-corrected chi connectivity index (χ1v) is 7.41. The zero-order chi connectivity index (χ0) is 13.2. The molecule has 0 aliphatic heterocycles. The van der Waals surface area contributed by atoms with Gasteiger partial charge in [0.15, 0.2) is 0 Å². The highest BCUT2D eigenvalue weighted by atomic mass is 79.9. The SMILES string of the molecule is Fc1cc(CNc2ccc3ncsc3c2)ccc1Br. The summed E-state index contributed by atoms with van der Waals surface area (Å²) in [5, 5.41) is 3.29. The van der Waals surface area contributed by atoms with Crippen LogP contribution in [-0.2, 0) is 6.54 Å². The van der Waals surface area contributed by atoms with Crippen LogP contribution in [0.25, 0.3) is 10.2 Å². The Hall–Kier alpha value is -1.46. The van der Waals surface area contributed by atoms with Crippen LogP contribution in [0.15, 0.2) is 46.4 Å². The maximum atomic E-state index is 13.4. The third-order valence-corrected chi connectivity index (χ3v) is 4.25. The molecule has 0 bridgehead atoms. The van der Waals surface area contributed by atoms with E-state index in [4.69, 9.17) is 0 Å². The van der Waals surface area contributed by atoms with Gasteiger partial charge in [0.1, 0.15) is 5.82 Å². The summed E-state index contributed by atoms with van der Waals surface area (Å²) in [4.78, 5) is 4.24. The van der Waals surface area contributed by atoms with Crippen LogP contribution < -0.4 is 5.32 Å². The number of benzene rings is 2. The first-order valence-electron chi connectivity index (χ1n) is 5.73. The molecule has 1 aromatic heterocycles. The standard InChI is InChI=1S/C14H10BrFN2S/c15-11-3-1-9(5-12(11)16)7-17-10-2-4-13-14(6-10)19-8-18-13/h1-6,8,17H,7H2. The van der Waals surface area contributed by atoms with Crippen LogP contribution in [-0.4, -0.2) is 4.98 Å². The molecule has 3 rings (SSSR count). The largest absolute Gasteiger partial charge is 0.381 e. The van der Waals surface area contributed by atoms with Gasteiger partial charge < -0.3 is 5.32 Å². The number of rotatable bonds is 3. The molecule has 3 aromatic rings. The molecule has 0 aliphatic carbocycles. The van der Waals surface area contributed by atoms with Gasteiger partial charge in [0, 0.05) is 12.2 Å². The minimum Gasteiger partial charge on any atom is -0.381 e. The summed E-state index contributed by atoms with van der Waals surface area (Å²) in [5.74, 6) is -0.239. The Morgan fingerprint density at radius 3 is 2.95 bits per heavy atom. The lowest BCUT2D eigenvalue weighted by Gasteiger charge is -2.07. The van der Waals surface area contributed by atoms with E-state index in [0.29, 0.717) is 11.0 Å². The Balaban J connectivity index is 1.75. The molecule has 0 fully saturated rings. The van der Waals surface area contributed by atoms with Crippen molar-refractivity contribution in [3.63, 3.8) is 0 Å². The normalized spacial score (nSPS) is 10.8. The van der Waals surface area contributed by atoms with Crippen molar-refractivity contribution in [2.45, 2.75) is 6.54 Å². The lowest BCUT2D eigenvalue weighted by molar-refractivity contribution is 0.619. The fourth-order valence-corrected chi connectivity index (χ4v) is 2.78. The minimum atomic E-state index is -0.239. The van der Waals surface area contributed by atoms with Crippen molar-refractivity contribution in [2.24, 2.45) is 0 Å². The molecule has 2 aromatic carbocycles. The highest BCUT2D eigenvalue weighted by Crippen LogP contribution is 2.22. The zero-order valence-corrected chi connectivity index (χ0v) is 12.3. The van der Waals surface area contributed by atoms with Crippen LogP contribution in [0.5, 0.6) is 0 Å². The van der Waals surface area contributed by atoms with Gasteiger partial charge in [0.25, 0.3) is 0 Å². The quantitative estimate of drug-likeness (QED) is 0.742. The van der Waals surface area contributed by atoms with E-state index in [2.05, 4.69) is 32.3 Å². The number of thiazole rings is 1. The van der Waals surface area contributed by atoms with Crippen molar-refractivity contribution < 1.29 is 4.39 Å². The maximum Gasteiger partial charge on any atom is 0.137 e.